The van der Waals surface area contributed by atoms with E-state index in [4.69, 9.17) is 9.72 Å². The first-order valence-corrected chi connectivity index (χ1v) is 30.7. The fourth-order valence-electron chi connectivity index (χ4n) is 12.7. The fraction of sp³-hybridized carbons (Fsp3) is 0.188. The lowest BCUT2D eigenvalue weighted by molar-refractivity contribution is 0.381. The maximum atomic E-state index is 17.0. The summed E-state index contributed by atoms with van der Waals surface area (Å²) in [6.07, 6.45) is 1.87. The molecule has 0 atom stereocenters. The van der Waals surface area contributed by atoms with Crippen molar-refractivity contribution in [2.24, 2.45) is 0 Å². The van der Waals surface area contributed by atoms with Crippen molar-refractivity contribution < 1.29 is 26.7 Å². The van der Waals surface area contributed by atoms with E-state index in [9.17, 15) is 0 Å². The summed E-state index contributed by atoms with van der Waals surface area (Å²) in [6, 6.07) is 69.6. The first-order chi connectivity index (χ1) is 43.1. The van der Waals surface area contributed by atoms with E-state index in [0.717, 1.165) is 88.9 Å². The van der Waals surface area contributed by atoms with Crippen molar-refractivity contribution >= 4 is 44.6 Å². The molecule has 90 heavy (non-hydrogen) atoms. The van der Waals surface area contributed by atoms with Crippen LogP contribution >= 0.6 is 0 Å². The second kappa shape index (κ2) is 23.0. The minimum Gasteiger partial charge on any atom is -0.457 e. The van der Waals surface area contributed by atoms with Gasteiger partial charge in [0, 0.05) is 45.9 Å². The Bertz CT molecular complexity index is 4650. The van der Waals surface area contributed by atoms with Gasteiger partial charge in [0.1, 0.15) is 24.0 Å². The molecule has 0 bridgehead atoms. The van der Waals surface area contributed by atoms with Crippen LogP contribution in [0.3, 0.4) is 0 Å². The van der Waals surface area contributed by atoms with E-state index in [1.54, 1.807) is 6.07 Å². The Labute approximate surface area is 523 Å². The lowest BCUT2D eigenvalue weighted by Gasteiger charge is -2.31. The normalized spacial score (nSPS) is 12.7. The number of fused-ring (bicyclic) bond motifs is 4. The molecule has 0 saturated heterocycles. The fourth-order valence-corrected chi connectivity index (χ4v) is 12.7. The van der Waals surface area contributed by atoms with Crippen LogP contribution in [0.25, 0.3) is 83.3 Å². The quantitative estimate of drug-likeness (QED) is 0.0693. The summed E-state index contributed by atoms with van der Waals surface area (Å²) in [4.78, 5) is 9.03. The van der Waals surface area contributed by atoms with Gasteiger partial charge in [0.05, 0.1) is 33.7 Å². The van der Waals surface area contributed by atoms with Crippen molar-refractivity contribution in [3.8, 4) is 73.0 Å². The van der Waals surface area contributed by atoms with Crippen LogP contribution in [0.2, 0.25) is 0 Å². The minimum absolute atomic E-state index is 0.0337. The third-order valence-corrected chi connectivity index (χ3v) is 17.5. The maximum absolute atomic E-state index is 17.0. The monoisotopic (exact) mass is 1200 g/mol. The lowest BCUT2D eigenvalue weighted by atomic mass is 9.81. The zero-order chi connectivity index (χ0) is 63.1. The Morgan fingerprint density at radius 2 is 0.967 bits per heavy atom. The molecule has 12 aromatic rings. The highest BCUT2D eigenvalue weighted by Gasteiger charge is 2.37. The van der Waals surface area contributed by atoms with E-state index in [1.165, 1.54) is 0 Å². The number of halogens is 5. The van der Waals surface area contributed by atoms with Crippen molar-refractivity contribution in [1.29, 1.82) is 0 Å². The Morgan fingerprint density at radius 3 is 1.58 bits per heavy atom. The van der Waals surface area contributed by atoms with Crippen molar-refractivity contribution in [3.63, 3.8) is 0 Å². The summed E-state index contributed by atoms with van der Waals surface area (Å²) in [6.45, 7) is 21.0. The number of ether oxygens (including phenoxy) is 1. The average Bonchev–Trinajstić information content (AvgIpc) is 1.40. The number of hydrogen-bond donors (Lipinski definition) is 0. The summed E-state index contributed by atoms with van der Waals surface area (Å²) in [7, 11) is 0. The van der Waals surface area contributed by atoms with E-state index in [-0.39, 0.29) is 35.2 Å². The predicted molar refractivity (Wildman–Crippen MR) is 360 cm³/mol. The molecule has 10 heteroatoms. The Morgan fingerprint density at radius 1 is 0.411 bits per heavy atom. The molecule has 0 spiro atoms. The molecule has 0 saturated carbocycles. The van der Waals surface area contributed by atoms with Crippen molar-refractivity contribution in [3.05, 3.63) is 264 Å². The van der Waals surface area contributed by atoms with Gasteiger partial charge in [-0.05, 0) is 151 Å². The third kappa shape index (κ3) is 10.6. The number of aromatic nitrogens is 2. The molecule has 13 rings (SSSR count). The smallest absolute Gasteiger partial charge is 0.200 e. The summed E-state index contributed by atoms with van der Waals surface area (Å²) in [5.41, 5.74) is 13.3. The van der Waals surface area contributed by atoms with Crippen molar-refractivity contribution in [1.82, 2.24) is 9.55 Å². The van der Waals surface area contributed by atoms with Gasteiger partial charge in [-0.25, -0.2) is 26.9 Å². The van der Waals surface area contributed by atoms with Crippen LogP contribution in [-0.4, -0.2) is 16.2 Å². The van der Waals surface area contributed by atoms with Gasteiger partial charge >= 0.3 is 0 Å². The van der Waals surface area contributed by atoms with Gasteiger partial charge in [0.2, 0.25) is 5.82 Å². The maximum Gasteiger partial charge on any atom is 0.200 e. The van der Waals surface area contributed by atoms with Crippen LogP contribution in [0.15, 0.2) is 212 Å². The average molecular weight is 1200 g/mol. The molecular weight excluding hydrogens is 1130 g/mol. The number of para-hydroxylation sites is 3. The largest absolute Gasteiger partial charge is 0.457 e. The number of anilines is 4. The first kappa shape index (κ1) is 59.2. The van der Waals surface area contributed by atoms with Gasteiger partial charge in [0.15, 0.2) is 23.3 Å². The van der Waals surface area contributed by atoms with E-state index in [1.807, 2.05) is 123 Å². The molecule has 0 amide bonds. The number of benzene rings is 10. The Balaban J connectivity index is 1.07. The van der Waals surface area contributed by atoms with E-state index in [2.05, 4.69) is 167 Å². The van der Waals surface area contributed by atoms with Crippen molar-refractivity contribution in [2.75, 3.05) is 16.5 Å². The molecule has 2 aromatic heterocycles. The Kier molecular flexibility index (Phi) is 15.1. The van der Waals surface area contributed by atoms with Crippen LogP contribution in [-0.2, 0) is 10.8 Å². The van der Waals surface area contributed by atoms with Crippen LogP contribution in [0.5, 0.6) is 11.5 Å². The molecular formula is C80H69F5N4O. The SMILES string of the molecule is CC(C)c1cc(-c2cc(C(C)(C)C)cc(-c3c(F)c(F)c(F)c(F)c3F)c2N2CN(c3cc(Oc4ccc5c6ccccc6n(-c6cc(C(C)(C)C)ccn6)c5c4)cc(-c4c(-c5ccccc5)cccc4-c4ccccc4)c3)c3ccccc32)cc(C(C)C)c1. The number of hydrogen-bond acceptors (Lipinski definition) is 4. The highest BCUT2D eigenvalue weighted by Crippen LogP contribution is 2.54. The van der Waals surface area contributed by atoms with Gasteiger partial charge in [-0.3, -0.25) is 4.57 Å². The van der Waals surface area contributed by atoms with Gasteiger partial charge < -0.3 is 14.5 Å². The molecule has 0 radical (unpaired) electrons. The molecule has 1 aliphatic heterocycles. The summed E-state index contributed by atoms with van der Waals surface area (Å²) >= 11 is 0. The summed E-state index contributed by atoms with van der Waals surface area (Å²) < 4.78 is 90.4. The topological polar surface area (TPSA) is 33.5 Å². The minimum atomic E-state index is -2.22. The molecule has 0 aliphatic carbocycles. The Hall–Kier alpha value is -9.80. The van der Waals surface area contributed by atoms with Gasteiger partial charge in [0.25, 0.3) is 0 Å². The standard InChI is InChI=1S/C80H69F5N4O/c1-47(2)51-36-52(48(3)4)38-53(37-51)64-41-56(80(8,9)10)42-65(72-73(81)75(83)77(85)76(84)74(72)82)78(64)88-46-87(67-30-19-20-31-68(67)88)57-39-54(71-60(49-22-13-11-14-23-49)27-21-28-61(71)50-24-15-12-16-25-50)40-59(44-57)90-58-32-33-63-62-26-17-18-29-66(62)89(69(63)45-58)70-43-55(34-35-86-70)79(5,6)7/h11-45,47-48H,46H2,1-10H3. The number of nitrogens with zero attached hydrogens (tertiary/aromatic N) is 4. The molecule has 5 nitrogen and oxygen atoms in total. The summed E-state index contributed by atoms with van der Waals surface area (Å²) in [5, 5.41) is 2.10. The second-order valence-corrected chi connectivity index (χ2v) is 26.3. The predicted octanol–water partition coefficient (Wildman–Crippen LogP) is 23.1. The van der Waals surface area contributed by atoms with Crippen LogP contribution in [0.4, 0.5) is 44.7 Å². The molecule has 3 heterocycles. The first-order valence-electron chi connectivity index (χ1n) is 30.7. The van der Waals surface area contributed by atoms with Crippen molar-refractivity contribution in [2.45, 2.75) is 91.9 Å². The van der Waals surface area contributed by atoms with E-state index >= 15 is 22.0 Å². The lowest BCUT2D eigenvalue weighted by Crippen LogP contribution is -2.25. The highest BCUT2D eigenvalue weighted by molar-refractivity contribution is 6.09. The number of pyridine rings is 1. The van der Waals surface area contributed by atoms with Gasteiger partial charge in [-0.1, -0.05) is 197 Å². The van der Waals surface area contributed by atoms with Gasteiger partial charge in [-0.2, -0.15) is 0 Å². The molecule has 10 aromatic carbocycles. The molecule has 1 aliphatic rings. The zero-order valence-corrected chi connectivity index (χ0v) is 52.2. The third-order valence-electron chi connectivity index (χ3n) is 17.5. The summed E-state index contributed by atoms with van der Waals surface area (Å²) in [5.74, 6) is -8.06. The van der Waals surface area contributed by atoms with E-state index in [0.29, 0.717) is 34.0 Å². The molecule has 0 N–H and O–H groups in total. The van der Waals surface area contributed by atoms with E-state index < -0.39 is 40.1 Å². The zero-order valence-electron chi connectivity index (χ0n) is 52.2. The van der Waals surface area contributed by atoms with Crippen LogP contribution in [0, 0.1) is 29.1 Å². The second-order valence-electron chi connectivity index (χ2n) is 26.3. The van der Waals surface area contributed by atoms with Crippen LogP contribution < -0.4 is 14.5 Å². The van der Waals surface area contributed by atoms with Gasteiger partial charge in [-0.15, -0.1) is 0 Å². The van der Waals surface area contributed by atoms with Crippen LogP contribution in [0.1, 0.15) is 103 Å². The molecule has 450 valence electrons. The molecule has 0 fully saturated rings. The molecule has 0 unspecified atom stereocenters. The number of rotatable bonds is 12. The highest BCUT2D eigenvalue weighted by atomic mass is 19.2.